The summed E-state index contributed by atoms with van der Waals surface area (Å²) < 4.78 is 5.35. The van der Waals surface area contributed by atoms with E-state index in [2.05, 4.69) is 19.1 Å². The van der Waals surface area contributed by atoms with E-state index in [4.69, 9.17) is 4.74 Å². The molecule has 0 N–H and O–H groups in total. The molecule has 3 unspecified atom stereocenters. The number of ether oxygens (including phenoxy) is 1. The number of fused-ring (bicyclic) bond motifs is 3. The maximum atomic E-state index is 5.35. The molecule has 60 valence electrons. The van der Waals surface area contributed by atoms with Crippen molar-refractivity contribution in [2.75, 3.05) is 13.2 Å². The molecule has 0 aromatic heterocycles. The highest BCUT2D eigenvalue weighted by atomic mass is 16.5. The lowest BCUT2D eigenvalue weighted by Crippen LogP contribution is -2.50. The lowest BCUT2D eigenvalue weighted by molar-refractivity contribution is -0.150. The molecule has 0 aromatic carbocycles. The van der Waals surface area contributed by atoms with Gasteiger partial charge < -0.3 is 4.74 Å². The van der Waals surface area contributed by atoms with Crippen molar-refractivity contribution in [3.05, 3.63) is 12.2 Å². The normalized spacial score (nSPS) is 50.1. The predicted octanol–water partition coefficient (Wildman–Crippen LogP) is 1.84. The summed E-state index contributed by atoms with van der Waals surface area (Å²) in [4.78, 5) is 0. The van der Waals surface area contributed by atoms with Gasteiger partial charge in [-0.25, -0.2) is 0 Å². The molecule has 0 radical (unpaired) electrons. The predicted molar refractivity (Wildman–Crippen MR) is 43.2 cm³/mol. The fourth-order valence-electron chi connectivity index (χ4n) is 3.10. The highest BCUT2D eigenvalue weighted by Gasteiger charge is 2.57. The zero-order valence-corrected chi connectivity index (χ0v) is 6.92. The van der Waals surface area contributed by atoms with E-state index in [0.717, 1.165) is 31.0 Å². The molecule has 2 fully saturated rings. The van der Waals surface area contributed by atoms with E-state index in [0.29, 0.717) is 5.41 Å². The van der Waals surface area contributed by atoms with E-state index in [1.54, 1.807) is 0 Å². The van der Waals surface area contributed by atoms with Gasteiger partial charge in [-0.15, -0.1) is 0 Å². The molecule has 1 saturated heterocycles. The maximum Gasteiger partial charge on any atom is 0.0553 e. The number of rotatable bonds is 0. The first-order valence-electron chi connectivity index (χ1n) is 4.59. The van der Waals surface area contributed by atoms with Crippen molar-refractivity contribution in [3.8, 4) is 0 Å². The van der Waals surface area contributed by atoms with E-state index in [-0.39, 0.29) is 0 Å². The largest absolute Gasteiger partial charge is 0.380 e. The fourth-order valence-corrected chi connectivity index (χ4v) is 3.10. The van der Waals surface area contributed by atoms with Crippen LogP contribution in [0.1, 0.15) is 13.3 Å². The Morgan fingerprint density at radius 1 is 1.36 bits per heavy atom. The average Bonchev–Trinajstić information content (AvgIpc) is 2.41. The second-order valence-electron chi connectivity index (χ2n) is 4.41. The molecular formula is C10H14O. The fraction of sp³-hybridized carbons (Fsp3) is 0.800. The Labute approximate surface area is 67.4 Å². The van der Waals surface area contributed by atoms with Gasteiger partial charge in [0, 0.05) is 5.41 Å². The van der Waals surface area contributed by atoms with Crippen LogP contribution in [-0.2, 0) is 4.74 Å². The molecule has 1 nitrogen and oxygen atoms in total. The molecule has 3 aliphatic rings. The molecule has 1 heteroatoms. The highest BCUT2D eigenvalue weighted by molar-refractivity contribution is 5.20. The molecule has 0 amide bonds. The van der Waals surface area contributed by atoms with Gasteiger partial charge >= 0.3 is 0 Å². The van der Waals surface area contributed by atoms with Crippen LogP contribution in [0.2, 0.25) is 0 Å². The third kappa shape index (κ3) is 0.538. The monoisotopic (exact) mass is 150 g/mol. The summed E-state index contributed by atoms with van der Waals surface area (Å²) >= 11 is 0. The summed E-state index contributed by atoms with van der Waals surface area (Å²) in [5, 5.41) is 0. The molecule has 1 aliphatic heterocycles. The van der Waals surface area contributed by atoms with Gasteiger partial charge in [-0.2, -0.15) is 0 Å². The van der Waals surface area contributed by atoms with Gasteiger partial charge in [-0.1, -0.05) is 19.1 Å². The van der Waals surface area contributed by atoms with Gasteiger partial charge in [0.05, 0.1) is 13.2 Å². The Morgan fingerprint density at radius 2 is 2.18 bits per heavy atom. The molecule has 0 aromatic rings. The van der Waals surface area contributed by atoms with Crippen LogP contribution in [0.15, 0.2) is 12.2 Å². The van der Waals surface area contributed by atoms with Gasteiger partial charge in [0.15, 0.2) is 0 Å². The Kier molecular flexibility index (Phi) is 0.972. The molecule has 11 heavy (non-hydrogen) atoms. The van der Waals surface area contributed by atoms with Crippen LogP contribution >= 0.6 is 0 Å². The number of hydrogen-bond acceptors (Lipinski definition) is 1. The van der Waals surface area contributed by atoms with Gasteiger partial charge in [-0.05, 0) is 24.2 Å². The second-order valence-corrected chi connectivity index (χ2v) is 4.41. The first kappa shape index (κ1) is 6.24. The van der Waals surface area contributed by atoms with Gasteiger partial charge in [0.1, 0.15) is 0 Å². The van der Waals surface area contributed by atoms with Crippen LogP contribution in [0.25, 0.3) is 0 Å². The minimum absolute atomic E-state index is 0.583. The van der Waals surface area contributed by atoms with Crippen molar-refractivity contribution >= 4 is 0 Å². The van der Waals surface area contributed by atoms with E-state index in [1.807, 2.05) is 0 Å². The van der Waals surface area contributed by atoms with E-state index in [1.165, 1.54) is 6.42 Å². The first-order chi connectivity index (χ1) is 5.33. The molecule has 3 atom stereocenters. The van der Waals surface area contributed by atoms with E-state index in [9.17, 15) is 0 Å². The van der Waals surface area contributed by atoms with Gasteiger partial charge in [0.25, 0.3) is 0 Å². The SMILES string of the molecule is CC1C2C=CC(C2)C12COC2. The van der Waals surface area contributed by atoms with E-state index < -0.39 is 0 Å². The molecule has 1 saturated carbocycles. The minimum atomic E-state index is 0.583. The first-order valence-corrected chi connectivity index (χ1v) is 4.59. The Morgan fingerprint density at radius 3 is 2.55 bits per heavy atom. The van der Waals surface area contributed by atoms with Gasteiger partial charge in [0.2, 0.25) is 0 Å². The molecule has 1 heterocycles. The zero-order valence-electron chi connectivity index (χ0n) is 6.92. The highest BCUT2D eigenvalue weighted by Crippen LogP contribution is 2.59. The zero-order chi connectivity index (χ0) is 7.47. The third-order valence-electron chi connectivity index (χ3n) is 4.15. The second kappa shape index (κ2) is 1.71. The molecule has 2 aliphatic carbocycles. The maximum absolute atomic E-state index is 5.35. The van der Waals surface area contributed by atoms with E-state index >= 15 is 0 Å². The summed E-state index contributed by atoms with van der Waals surface area (Å²) in [6.45, 7) is 4.45. The number of hydrogen-bond donors (Lipinski definition) is 0. The average molecular weight is 150 g/mol. The molecule has 2 bridgehead atoms. The Hall–Kier alpha value is -0.300. The van der Waals surface area contributed by atoms with Crippen molar-refractivity contribution in [1.82, 2.24) is 0 Å². The Balaban J connectivity index is 2.01. The molecule has 3 rings (SSSR count). The van der Waals surface area contributed by atoms with Crippen LogP contribution < -0.4 is 0 Å². The van der Waals surface area contributed by atoms with Crippen molar-refractivity contribution in [2.24, 2.45) is 23.2 Å². The van der Waals surface area contributed by atoms with Crippen molar-refractivity contribution in [1.29, 1.82) is 0 Å². The van der Waals surface area contributed by atoms with Crippen molar-refractivity contribution in [2.45, 2.75) is 13.3 Å². The third-order valence-corrected chi connectivity index (χ3v) is 4.15. The van der Waals surface area contributed by atoms with Crippen molar-refractivity contribution in [3.63, 3.8) is 0 Å². The quantitative estimate of drug-likeness (QED) is 0.479. The van der Waals surface area contributed by atoms with Crippen LogP contribution in [0.5, 0.6) is 0 Å². The van der Waals surface area contributed by atoms with Crippen LogP contribution in [0.4, 0.5) is 0 Å². The molecular weight excluding hydrogens is 136 g/mol. The lowest BCUT2D eigenvalue weighted by atomic mass is 9.68. The van der Waals surface area contributed by atoms with Gasteiger partial charge in [-0.3, -0.25) is 0 Å². The standard InChI is InChI=1S/C10H14O/c1-7-8-2-3-9(4-8)10(7)5-11-6-10/h2-3,7-9H,4-6H2,1H3. The van der Waals surface area contributed by atoms with Crippen molar-refractivity contribution < 1.29 is 4.74 Å². The summed E-state index contributed by atoms with van der Waals surface area (Å²) in [5.74, 6) is 2.62. The summed E-state index contributed by atoms with van der Waals surface area (Å²) in [6, 6.07) is 0. The topological polar surface area (TPSA) is 9.23 Å². The number of allylic oxidation sites excluding steroid dienone is 2. The Bertz CT molecular complexity index is 215. The minimum Gasteiger partial charge on any atom is -0.380 e. The van der Waals surface area contributed by atoms with Crippen LogP contribution in [0.3, 0.4) is 0 Å². The molecule has 1 spiro atoms. The van der Waals surface area contributed by atoms with Crippen LogP contribution in [0, 0.1) is 23.2 Å². The summed E-state index contributed by atoms with van der Waals surface area (Å²) in [6.07, 6.45) is 6.25. The summed E-state index contributed by atoms with van der Waals surface area (Å²) in [5.41, 5.74) is 0.583. The summed E-state index contributed by atoms with van der Waals surface area (Å²) in [7, 11) is 0. The lowest BCUT2D eigenvalue weighted by Gasteiger charge is -2.47. The smallest absolute Gasteiger partial charge is 0.0553 e. The van der Waals surface area contributed by atoms with Crippen LogP contribution in [-0.4, -0.2) is 13.2 Å².